The summed E-state index contributed by atoms with van der Waals surface area (Å²) in [6, 6.07) is 5.70. The van der Waals surface area contributed by atoms with E-state index in [2.05, 4.69) is 48.1 Å². The highest BCUT2D eigenvalue weighted by Gasteiger charge is 2.28. The van der Waals surface area contributed by atoms with E-state index in [0.717, 1.165) is 18.3 Å². The van der Waals surface area contributed by atoms with Gasteiger partial charge in [0.2, 0.25) is 0 Å². The fraction of sp³-hybridized carbons (Fsp3) is 0.688. The van der Waals surface area contributed by atoms with E-state index < -0.39 is 0 Å². The van der Waals surface area contributed by atoms with Gasteiger partial charge in [0.05, 0.1) is 5.69 Å². The van der Waals surface area contributed by atoms with Gasteiger partial charge < -0.3 is 10.2 Å². The number of aromatic nitrogens is 1. The minimum atomic E-state index is 0.505. The lowest BCUT2D eigenvalue weighted by atomic mass is 10.2. The highest BCUT2D eigenvalue weighted by Crippen LogP contribution is 2.31. The quantitative estimate of drug-likeness (QED) is 0.778. The molecule has 1 aromatic heterocycles. The Balaban J connectivity index is 2.02. The number of hydrogen-bond acceptors (Lipinski definition) is 3. The highest BCUT2D eigenvalue weighted by molar-refractivity contribution is 5.48. The Bertz CT molecular complexity index is 385. The molecular weight excluding hydrogens is 234 g/mol. The topological polar surface area (TPSA) is 28.2 Å². The van der Waals surface area contributed by atoms with Crippen molar-refractivity contribution in [2.75, 3.05) is 11.4 Å². The van der Waals surface area contributed by atoms with Crippen molar-refractivity contribution in [3.05, 3.63) is 24.0 Å². The summed E-state index contributed by atoms with van der Waals surface area (Å²) < 4.78 is 0. The zero-order valence-corrected chi connectivity index (χ0v) is 12.5. The lowest BCUT2D eigenvalue weighted by Crippen LogP contribution is -2.27. The SMILES string of the molecule is CCCCN(c1ccnc(CNC(C)C)c1)C1CC1. The molecule has 2 rings (SSSR count). The zero-order valence-electron chi connectivity index (χ0n) is 12.5. The van der Waals surface area contributed by atoms with Gasteiger partial charge in [-0.3, -0.25) is 4.98 Å². The molecule has 3 heteroatoms. The maximum absolute atomic E-state index is 4.46. The molecule has 0 atom stereocenters. The van der Waals surface area contributed by atoms with Gasteiger partial charge in [-0.2, -0.15) is 0 Å². The van der Waals surface area contributed by atoms with Crippen LogP contribution in [0.4, 0.5) is 5.69 Å². The van der Waals surface area contributed by atoms with Crippen LogP contribution in [0, 0.1) is 0 Å². The number of hydrogen-bond donors (Lipinski definition) is 1. The number of nitrogens with zero attached hydrogens (tertiary/aromatic N) is 2. The fourth-order valence-electron chi connectivity index (χ4n) is 2.29. The van der Waals surface area contributed by atoms with Gasteiger partial charge in [-0.25, -0.2) is 0 Å². The van der Waals surface area contributed by atoms with Crippen molar-refractivity contribution in [1.29, 1.82) is 0 Å². The molecule has 0 saturated heterocycles. The van der Waals surface area contributed by atoms with Crippen LogP contribution in [0.2, 0.25) is 0 Å². The second kappa shape index (κ2) is 6.90. The summed E-state index contributed by atoms with van der Waals surface area (Å²) in [5.41, 5.74) is 2.50. The van der Waals surface area contributed by atoms with Gasteiger partial charge in [-0.05, 0) is 31.4 Å². The summed E-state index contributed by atoms with van der Waals surface area (Å²) in [6.45, 7) is 8.64. The molecule has 1 aliphatic rings. The second-order valence-electron chi connectivity index (χ2n) is 5.82. The van der Waals surface area contributed by atoms with Crippen LogP contribution in [0.15, 0.2) is 18.3 Å². The fourth-order valence-corrected chi connectivity index (χ4v) is 2.29. The van der Waals surface area contributed by atoms with Crippen molar-refractivity contribution in [2.24, 2.45) is 0 Å². The molecule has 3 nitrogen and oxygen atoms in total. The Morgan fingerprint density at radius 1 is 1.42 bits per heavy atom. The largest absolute Gasteiger partial charge is 0.368 e. The van der Waals surface area contributed by atoms with Crippen LogP contribution in [-0.2, 0) is 6.54 Å². The average molecular weight is 261 g/mol. The summed E-state index contributed by atoms with van der Waals surface area (Å²) in [4.78, 5) is 7.04. The van der Waals surface area contributed by atoms with Gasteiger partial charge >= 0.3 is 0 Å². The predicted octanol–water partition coefficient (Wildman–Crippen LogP) is 3.35. The van der Waals surface area contributed by atoms with Crippen LogP contribution in [0.5, 0.6) is 0 Å². The van der Waals surface area contributed by atoms with Crippen LogP contribution in [-0.4, -0.2) is 23.6 Å². The maximum Gasteiger partial charge on any atom is 0.0562 e. The third-order valence-corrected chi connectivity index (χ3v) is 3.56. The minimum Gasteiger partial charge on any atom is -0.368 e. The summed E-state index contributed by atoms with van der Waals surface area (Å²) >= 11 is 0. The van der Waals surface area contributed by atoms with Crippen LogP contribution in [0.25, 0.3) is 0 Å². The molecule has 1 N–H and O–H groups in total. The van der Waals surface area contributed by atoms with E-state index in [-0.39, 0.29) is 0 Å². The van der Waals surface area contributed by atoms with Crippen molar-refractivity contribution in [1.82, 2.24) is 10.3 Å². The Morgan fingerprint density at radius 3 is 2.84 bits per heavy atom. The van der Waals surface area contributed by atoms with Gasteiger partial charge in [-0.15, -0.1) is 0 Å². The lowest BCUT2D eigenvalue weighted by molar-refractivity contribution is 0.581. The Hall–Kier alpha value is -1.09. The van der Waals surface area contributed by atoms with E-state index >= 15 is 0 Å². The molecule has 0 aliphatic heterocycles. The van der Waals surface area contributed by atoms with Crippen LogP contribution in [0.3, 0.4) is 0 Å². The first kappa shape index (κ1) is 14.3. The smallest absolute Gasteiger partial charge is 0.0562 e. The summed E-state index contributed by atoms with van der Waals surface area (Å²) in [6.07, 6.45) is 7.19. The van der Waals surface area contributed by atoms with Crippen molar-refractivity contribution in [2.45, 2.75) is 65.1 Å². The third-order valence-electron chi connectivity index (χ3n) is 3.56. The van der Waals surface area contributed by atoms with Crippen LogP contribution >= 0.6 is 0 Å². The van der Waals surface area contributed by atoms with Gasteiger partial charge in [-0.1, -0.05) is 27.2 Å². The van der Waals surface area contributed by atoms with Gasteiger partial charge in [0.1, 0.15) is 0 Å². The molecule has 1 saturated carbocycles. The lowest BCUT2D eigenvalue weighted by Gasteiger charge is -2.25. The van der Waals surface area contributed by atoms with E-state index in [1.54, 1.807) is 0 Å². The molecule has 1 fully saturated rings. The summed E-state index contributed by atoms with van der Waals surface area (Å²) in [5.74, 6) is 0. The zero-order chi connectivity index (χ0) is 13.7. The average Bonchev–Trinajstić information content (AvgIpc) is 3.22. The normalized spacial score (nSPS) is 14.9. The number of anilines is 1. The first-order chi connectivity index (χ1) is 9.20. The standard InChI is InChI=1S/C16H27N3/c1-4-5-10-19(15-6-7-15)16-8-9-17-14(11-16)12-18-13(2)3/h8-9,11,13,15,18H,4-7,10,12H2,1-3H3. The second-order valence-corrected chi connectivity index (χ2v) is 5.82. The first-order valence-corrected chi connectivity index (χ1v) is 7.65. The first-order valence-electron chi connectivity index (χ1n) is 7.65. The van der Waals surface area contributed by atoms with E-state index in [9.17, 15) is 0 Å². The molecule has 106 valence electrons. The molecule has 1 heterocycles. The van der Waals surface area contributed by atoms with Crippen molar-refractivity contribution >= 4 is 5.69 Å². The molecule has 0 aromatic carbocycles. The van der Waals surface area contributed by atoms with Gasteiger partial charge in [0.15, 0.2) is 0 Å². The van der Waals surface area contributed by atoms with Crippen molar-refractivity contribution in [3.63, 3.8) is 0 Å². The van der Waals surface area contributed by atoms with Crippen molar-refractivity contribution in [3.8, 4) is 0 Å². The van der Waals surface area contributed by atoms with Gasteiger partial charge in [0.25, 0.3) is 0 Å². The molecule has 1 aromatic rings. The van der Waals surface area contributed by atoms with Crippen LogP contribution < -0.4 is 10.2 Å². The van der Waals surface area contributed by atoms with Crippen molar-refractivity contribution < 1.29 is 0 Å². The molecule has 0 bridgehead atoms. The molecule has 0 amide bonds. The number of pyridine rings is 1. The Labute approximate surface area is 117 Å². The monoisotopic (exact) mass is 261 g/mol. The number of nitrogens with one attached hydrogen (secondary N) is 1. The predicted molar refractivity (Wildman–Crippen MR) is 81.5 cm³/mol. The number of rotatable bonds is 8. The summed E-state index contributed by atoms with van der Waals surface area (Å²) in [7, 11) is 0. The Kier molecular flexibility index (Phi) is 5.20. The van der Waals surface area contributed by atoms with Crippen LogP contribution in [0.1, 0.15) is 52.1 Å². The van der Waals surface area contributed by atoms with E-state index in [1.807, 2.05) is 6.20 Å². The highest BCUT2D eigenvalue weighted by atomic mass is 15.2. The molecule has 19 heavy (non-hydrogen) atoms. The van der Waals surface area contributed by atoms with E-state index in [0.29, 0.717) is 6.04 Å². The molecule has 0 spiro atoms. The number of unbranched alkanes of at least 4 members (excludes halogenated alkanes) is 1. The minimum absolute atomic E-state index is 0.505. The Morgan fingerprint density at radius 2 is 2.21 bits per heavy atom. The van der Waals surface area contributed by atoms with Gasteiger partial charge in [0, 0.05) is 37.1 Å². The summed E-state index contributed by atoms with van der Waals surface area (Å²) in [5, 5.41) is 3.43. The molecule has 1 aliphatic carbocycles. The maximum atomic E-state index is 4.46. The molecular formula is C16H27N3. The third kappa shape index (κ3) is 4.50. The van der Waals surface area contributed by atoms with E-state index in [1.165, 1.54) is 37.9 Å². The molecule has 0 radical (unpaired) electrons. The molecule has 0 unspecified atom stereocenters. The van der Waals surface area contributed by atoms with E-state index in [4.69, 9.17) is 0 Å².